The van der Waals surface area contributed by atoms with Gasteiger partial charge in [0.25, 0.3) is 0 Å². The number of nitrogens with one attached hydrogen (secondary N) is 2. The average molecular weight is 669 g/mol. The minimum absolute atomic E-state index is 0.0130. The molecule has 2 unspecified atom stereocenters. The van der Waals surface area contributed by atoms with Gasteiger partial charge in [-0.25, -0.2) is 0 Å². The van der Waals surface area contributed by atoms with Gasteiger partial charge in [-0.15, -0.1) is 0 Å². The van der Waals surface area contributed by atoms with Crippen LogP contribution < -0.4 is 10.6 Å². The van der Waals surface area contributed by atoms with E-state index >= 15 is 4.79 Å². The molecule has 1 saturated heterocycles. The number of rotatable bonds is 4. The molecule has 8 aliphatic rings. The molecule has 6 nitrogen and oxygen atoms in total. The summed E-state index contributed by atoms with van der Waals surface area (Å²) in [5.74, 6) is 3.62. The van der Waals surface area contributed by atoms with Crippen molar-refractivity contribution in [3.8, 4) is 0 Å². The number of aliphatic hydroxyl groups is 1. The van der Waals surface area contributed by atoms with Crippen molar-refractivity contribution in [3.63, 3.8) is 0 Å². The lowest BCUT2D eigenvalue weighted by atomic mass is 9.32. The molecule has 1 aromatic rings. The number of fused-ring (bicyclic) bond motifs is 7. The van der Waals surface area contributed by atoms with E-state index in [9.17, 15) is 5.11 Å². The van der Waals surface area contributed by atoms with Crippen molar-refractivity contribution < 1.29 is 9.90 Å². The van der Waals surface area contributed by atoms with Crippen molar-refractivity contribution in [1.29, 1.82) is 0 Å². The summed E-state index contributed by atoms with van der Waals surface area (Å²) in [4.78, 5) is 22.2. The number of hydrogen-bond donors (Lipinski definition) is 3. The highest BCUT2D eigenvalue weighted by Gasteiger charge is 2.73. The van der Waals surface area contributed by atoms with Gasteiger partial charge in [0.1, 0.15) is 6.17 Å². The Morgan fingerprint density at radius 2 is 1.67 bits per heavy atom. The minimum Gasteiger partial charge on any atom is -0.393 e. The predicted molar refractivity (Wildman–Crippen MR) is 195 cm³/mol. The largest absolute Gasteiger partial charge is 0.393 e. The van der Waals surface area contributed by atoms with Crippen molar-refractivity contribution in [3.05, 3.63) is 36.3 Å². The smallest absolute Gasteiger partial charge is 0.229 e. The summed E-state index contributed by atoms with van der Waals surface area (Å²) in [7, 11) is 0. The van der Waals surface area contributed by atoms with Crippen molar-refractivity contribution in [2.24, 2.45) is 62.1 Å². The van der Waals surface area contributed by atoms with E-state index in [-0.39, 0.29) is 40.0 Å². The van der Waals surface area contributed by atoms with Crippen LogP contribution in [0.15, 0.2) is 30.7 Å². The fraction of sp³-hybridized carbons (Fsp3) is 0.814. The third-order valence-electron chi connectivity index (χ3n) is 18.4. The Morgan fingerprint density at radius 3 is 2.43 bits per heavy atom. The van der Waals surface area contributed by atoms with Gasteiger partial charge in [-0.1, -0.05) is 41.5 Å². The summed E-state index contributed by atoms with van der Waals surface area (Å²) in [5.41, 5.74) is 3.21. The minimum atomic E-state index is -0.206. The molecule has 0 spiro atoms. The normalized spacial score (nSPS) is 49.0. The molecule has 0 bridgehead atoms. The van der Waals surface area contributed by atoms with Gasteiger partial charge in [0, 0.05) is 30.7 Å². The van der Waals surface area contributed by atoms with Gasteiger partial charge in [-0.05, 0) is 159 Å². The second-order valence-electron chi connectivity index (χ2n) is 20.3. The van der Waals surface area contributed by atoms with Crippen molar-refractivity contribution in [2.45, 2.75) is 150 Å². The van der Waals surface area contributed by atoms with Gasteiger partial charge < -0.3 is 20.6 Å². The molecule has 1 amide bonds. The highest BCUT2D eigenvalue weighted by molar-refractivity contribution is 5.85. The molecule has 6 saturated carbocycles. The third kappa shape index (κ3) is 4.34. The van der Waals surface area contributed by atoms with E-state index in [4.69, 9.17) is 0 Å². The van der Waals surface area contributed by atoms with Crippen LogP contribution in [-0.2, 0) is 4.79 Å². The Balaban J connectivity index is 1.03. The highest BCUT2D eigenvalue weighted by Crippen LogP contribution is 2.79. The number of aliphatic hydroxyl groups excluding tert-OH is 1. The molecule has 1 aromatic heterocycles. The van der Waals surface area contributed by atoms with Gasteiger partial charge >= 0.3 is 0 Å². The van der Waals surface area contributed by atoms with E-state index in [1.165, 1.54) is 57.8 Å². The zero-order chi connectivity index (χ0) is 34.2. The first-order valence-electron chi connectivity index (χ1n) is 20.4. The summed E-state index contributed by atoms with van der Waals surface area (Å²) in [6.07, 6.45) is 22.4. The van der Waals surface area contributed by atoms with Crippen LogP contribution in [0.1, 0.15) is 137 Å². The van der Waals surface area contributed by atoms with Gasteiger partial charge in [0.2, 0.25) is 5.91 Å². The maximum Gasteiger partial charge on any atom is 0.229 e. The molecule has 7 fully saturated rings. The molecule has 3 heterocycles. The van der Waals surface area contributed by atoms with E-state index in [0.717, 1.165) is 49.9 Å². The molecule has 268 valence electrons. The Kier molecular flexibility index (Phi) is 7.18. The molecule has 12 atom stereocenters. The number of carbonyl (C=O) groups is 1. The summed E-state index contributed by atoms with van der Waals surface area (Å²) >= 11 is 0. The van der Waals surface area contributed by atoms with Crippen molar-refractivity contribution in [1.82, 2.24) is 20.5 Å². The third-order valence-corrected chi connectivity index (χ3v) is 18.4. The zero-order valence-electron chi connectivity index (χ0n) is 31.4. The summed E-state index contributed by atoms with van der Waals surface area (Å²) in [6, 6.07) is 4.27. The first-order valence-corrected chi connectivity index (χ1v) is 20.4. The number of pyridine rings is 1. The highest BCUT2D eigenvalue weighted by atomic mass is 16.3. The second-order valence-corrected chi connectivity index (χ2v) is 20.3. The fourth-order valence-corrected chi connectivity index (χ4v) is 15.3. The Morgan fingerprint density at radius 1 is 0.857 bits per heavy atom. The SMILES string of the molecule is CC1([C@@H]2CC[C@]3(C(=O)N4CCCC4C4NC=C(c5cccnc5)N4)CC[C@]4(C)[C@H](CC[C@@H]5[C@@]6(C)CC[C@H](O)C(C)(C)[C@@H]6CC[C@]54C)[C@@H]23)CC1. The quantitative estimate of drug-likeness (QED) is 0.302. The number of nitrogens with zero attached hydrogens (tertiary/aromatic N) is 2. The van der Waals surface area contributed by atoms with Crippen LogP contribution in [0.3, 0.4) is 0 Å². The average Bonchev–Trinajstić information content (AvgIpc) is 3.48. The van der Waals surface area contributed by atoms with Crippen LogP contribution in [-0.4, -0.2) is 45.8 Å². The molecular weight excluding hydrogens is 604 g/mol. The lowest BCUT2D eigenvalue weighted by Gasteiger charge is -2.73. The molecule has 0 aromatic carbocycles. The Bertz CT molecular complexity index is 1520. The van der Waals surface area contributed by atoms with E-state index in [2.05, 4.69) is 74.3 Å². The van der Waals surface area contributed by atoms with Gasteiger partial charge in [-0.2, -0.15) is 0 Å². The Hall–Kier alpha value is -2.08. The molecule has 2 aliphatic heterocycles. The second kappa shape index (κ2) is 10.7. The summed E-state index contributed by atoms with van der Waals surface area (Å²) < 4.78 is 0. The van der Waals surface area contributed by atoms with Crippen LogP contribution in [0.25, 0.3) is 5.70 Å². The first-order chi connectivity index (χ1) is 23.3. The number of carbonyl (C=O) groups excluding carboxylic acids is 1. The monoisotopic (exact) mass is 669 g/mol. The zero-order valence-corrected chi connectivity index (χ0v) is 31.4. The maximum absolute atomic E-state index is 15.5. The molecule has 9 rings (SSSR count). The number of likely N-dealkylation sites (tertiary alicyclic amines) is 1. The summed E-state index contributed by atoms with van der Waals surface area (Å²) in [6.45, 7) is 16.3. The van der Waals surface area contributed by atoms with Crippen molar-refractivity contribution >= 4 is 11.6 Å². The first kappa shape index (κ1) is 32.8. The molecule has 49 heavy (non-hydrogen) atoms. The molecule has 3 N–H and O–H groups in total. The van der Waals surface area contributed by atoms with Crippen LogP contribution >= 0.6 is 0 Å². The molecule has 6 heteroatoms. The van der Waals surface area contributed by atoms with Gasteiger partial charge in [0.05, 0.1) is 23.3 Å². The lowest BCUT2D eigenvalue weighted by molar-refractivity contribution is -0.249. The van der Waals surface area contributed by atoms with Crippen LogP contribution in [0.2, 0.25) is 0 Å². The molecule has 6 aliphatic carbocycles. The van der Waals surface area contributed by atoms with E-state index in [0.29, 0.717) is 46.3 Å². The summed E-state index contributed by atoms with van der Waals surface area (Å²) in [5, 5.41) is 18.6. The van der Waals surface area contributed by atoms with E-state index < -0.39 is 0 Å². The van der Waals surface area contributed by atoms with Crippen molar-refractivity contribution in [2.75, 3.05) is 6.54 Å². The standard InChI is InChI=1S/C43H64N4O2/c1-38(2)32-14-17-42(6)33(40(32,4)16-15-34(38)48)12-11-29-35-28(39(3)19-20-39)13-18-43(35,22-21-41(29,42)5)37(49)47-24-8-10-31(47)36-45-26-30(46-36)27-9-7-23-44-25-27/h7,9,23,25-26,28-29,31-36,45-46,48H,8,10-22,24H2,1-6H3/t28-,29-,31?,32+,33-,34+,35-,36?,40+,41-,42-,43+/m1/s1. The maximum atomic E-state index is 15.5. The van der Waals surface area contributed by atoms with E-state index in [1.807, 2.05) is 18.5 Å². The number of amides is 1. The predicted octanol–water partition coefficient (Wildman–Crippen LogP) is 8.13. The fourth-order valence-electron chi connectivity index (χ4n) is 15.3. The lowest BCUT2D eigenvalue weighted by Crippen LogP contribution is -2.68. The topological polar surface area (TPSA) is 77.5 Å². The van der Waals surface area contributed by atoms with E-state index in [1.54, 1.807) is 0 Å². The molecular formula is C43H64N4O2. The van der Waals surface area contributed by atoms with Gasteiger partial charge in [-0.3, -0.25) is 9.78 Å². The van der Waals surface area contributed by atoms with Gasteiger partial charge in [0.15, 0.2) is 0 Å². The molecule has 0 radical (unpaired) electrons. The van der Waals surface area contributed by atoms with Crippen LogP contribution in [0, 0.1) is 62.1 Å². The van der Waals surface area contributed by atoms with Crippen LogP contribution in [0.4, 0.5) is 0 Å². The van der Waals surface area contributed by atoms with Crippen LogP contribution in [0.5, 0.6) is 0 Å². The number of aromatic nitrogens is 1. The Labute approximate surface area is 296 Å². The number of hydrogen-bond acceptors (Lipinski definition) is 5.